The van der Waals surface area contributed by atoms with Crippen LogP contribution in [0.15, 0.2) is 30.3 Å². The van der Waals surface area contributed by atoms with Crippen molar-refractivity contribution in [2.24, 2.45) is 0 Å². The van der Waals surface area contributed by atoms with E-state index >= 15 is 0 Å². The van der Waals surface area contributed by atoms with Crippen molar-refractivity contribution in [2.45, 2.75) is 33.1 Å². The summed E-state index contributed by atoms with van der Waals surface area (Å²) < 4.78 is 6.26. The maximum atomic E-state index is 12.0. The molecule has 2 aromatic rings. The molecule has 0 bridgehead atoms. The Kier molecular flexibility index (Phi) is 4.74. The number of halogens is 1. The third-order valence-electron chi connectivity index (χ3n) is 3.25. The number of ketones is 1. The minimum Gasteiger partial charge on any atom is -0.485 e. The van der Waals surface area contributed by atoms with Gasteiger partial charge in [-0.25, -0.2) is 0 Å². The van der Waals surface area contributed by atoms with Crippen LogP contribution in [0, 0.1) is 6.92 Å². The number of carbonyl (C=O) groups is 1. The van der Waals surface area contributed by atoms with Crippen molar-refractivity contribution in [3.63, 3.8) is 0 Å². The normalized spacial score (nSPS) is 11.5. The van der Waals surface area contributed by atoms with Gasteiger partial charge in [0, 0.05) is 0 Å². The topological polar surface area (TPSA) is 26.3 Å². The molecule has 21 heavy (non-hydrogen) atoms. The molecule has 0 unspecified atom stereocenters. The fourth-order valence-electron chi connectivity index (χ4n) is 1.96. The van der Waals surface area contributed by atoms with Crippen molar-refractivity contribution in [1.29, 1.82) is 0 Å². The van der Waals surface area contributed by atoms with Crippen molar-refractivity contribution in [2.75, 3.05) is 6.61 Å². The van der Waals surface area contributed by atoms with E-state index in [-0.39, 0.29) is 17.8 Å². The maximum absolute atomic E-state index is 12.0. The molecule has 0 saturated carbocycles. The lowest BCUT2D eigenvalue weighted by molar-refractivity contribution is 0.0925. The number of aryl methyl sites for hydroxylation is 1. The first kappa shape index (κ1) is 16.1. The van der Waals surface area contributed by atoms with Gasteiger partial charge in [-0.05, 0) is 41.7 Å². The molecule has 0 fully saturated rings. The SMILES string of the molecule is Cc1cc(C(C)(C)C)ccc1OCC(=O)c1ccc(Cl)s1. The van der Waals surface area contributed by atoms with Gasteiger partial charge in [-0.15, -0.1) is 11.3 Å². The van der Waals surface area contributed by atoms with Gasteiger partial charge in [0.25, 0.3) is 0 Å². The van der Waals surface area contributed by atoms with Crippen LogP contribution in [0.25, 0.3) is 0 Å². The summed E-state index contributed by atoms with van der Waals surface area (Å²) in [6.07, 6.45) is 0. The van der Waals surface area contributed by atoms with Crippen LogP contribution >= 0.6 is 22.9 Å². The van der Waals surface area contributed by atoms with Crippen LogP contribution in [0.2, 0.25) is 4.34 Å². The highest BCUT2D eigenvalue weighted by Crippen LogP contribution is 2.28. The lowest BCUT2D eigenvalue weighted by Crippen LogP contribution is -2.13. The average Bonchev–Trinajstić information content (AvgIpc) is 2.82. The van der Waals surface area contributed by atoms with Gasteiger partial charge < -0.3 is 4.74 Å². The second-order valence-corrected chi connectivity index (χ2v) is 7.76. The van der Waals surface area contributed by atoms with Crippen molar-refractivity contribution in [3.05, 3.63) is 50.7 Å². The first-order chi connectivity index (χ1) is 9.77. The van der Waals surface area contributed by atoms with Crippen LogP contribution in [-0.4, -0.2) is 12.4 Å². The maximum Gasteiger partial charge on any atom is 0.210 e. The predicted molar refractivity (Wildman–Crippen MR) is 89.0 cm³/mol. The zero-order chi connectivity index (χ0) is 15.6. The average molecular weight is 323 g/mol. The lowest BCUT2D eigenvalue weighted by atomic mass is 9.86. The molecule has 2 nitrogen and oxygen atoms in total. The van der Waals surface area contributed by atoms with E-state index in [4.69, 9.17) is 16.3 Å². The minimum absolute atomic E-state index is 0.0343. The van der Waals surface area contributed by atoms with Gasteiger partial charge in [-0.2, -0.15) is 0 Å². The Balaban J connectivity index is 2.05. The summed E-state index contributed by atoms with van der Waals surface area (Å²) >= 11 is 7.11. The first-order valence-electron chi connectivity index (χ1n) is 6.80. The van der Waals surface area contributed by atoms with Crippen LogP contribution < -0.4 is 4.74 Å². The number of hydrogen-bond donors (Lipinski definition) is 0. The Morgan fingerprint density at radius 1 is 1.24 bits per heavy atom. The largest absolute Gasteiger partial charge is 0.485 e. The lowest BCUT2D eigenvalue weighted by Gasteiger charge is -2.20. The van der Waals surface area contributed by atoms with Crippen LogP contribution in [0.4, 0.5) is 0 Å². The third-order valence-corrected chi connectivity index (χ3v) is 4.52. The Hall–Kier alpha value is -1.32. The zero-order valence-electron chi connectivity index (χ0n) is 12.7. The fourth-order valence-corrected chi connectivity index (χ4v) is 2.92. The molecule has 2 rings (SSSR count). The number of rotatable bonds is 4. The Morgan fingerprint density at radius 3 is 2.48 bits per heavy atom. The number of Topliss-reactive ketones (excluding diaryl/α,β-unsaturated/α-hetero) is 1. The fraction of sp³-hybridized carbons (Fsp3) is 0.353. The molecule has 0 aliphatic carbocycles. The molecule has 112 valence electrons. The zero-order valence-corrected chi connectivity index (χ0v) is 14.3. The van der Waals surface area contributed by atoms with E-state index in [0.29, 0.717) is 9.21 Å². The number of benzene rings is 1. The van der Waals surface area contributed by atoms with Crippen molar-refractivity contribution < 1.29 is 9.53 Å². The van der Waals surface area contributed by atoms with Gasteiger partial charge in [0.2, 0.25) is 5.78 Å². The highest BCUT2D eigenvalue weighted by atomic mass is 35.5. The molecule has 0 aliphatic rings. The van der Waals surface area contributed by atoms with E-state index in [0.717, 1.165) is 11.3 Å². The monoisotopic (exact) mass is 322 g/mol. The number of hydrogen-bond acceptors (Lipinski definition) is 3. The molecule has 0 N–H and O–H groups in total. The molecule has 0 atom stereocenters. The van der Waals surface area contributed by atoms with Gasteiger partial charge in [0.05, 0.1) is 9.21 Å². The third kappa shape index (κ3) is 4.08. The van der Waals surface area contributed by atoms with E-state index in [2.05, 4.69) is 32.9 Å². The summed E-state index contributed by atoms with van der Waals surface area (Å²) in [6, 6.07) is 9.55. The summed E-state index contributed by atoms with van der Waals surface area (Å²) in [5, 5.41) is 0. The van der Waals surface area contributed by atoms with Crippen LogP contribution in [-0.2, 0) is 5.41 Å². The molecule has 1 aromatic carbocycles. The number of carbonyl (C=O) groups excluding carboxylic acids is 1. The summed E-state index contributed by atoms with van der Waals surface area (Å²) in [7, 11) is 0. The van der Waals surface area contributed by atoms with Gasteiger partial charge in [-0.3, -0.25) is 4.79 Å². The molecule has 0 saturated heterocycles. The van der Waals surface area contributed by atoms with E-state index in [9.17, 15) is 4.79 Å². The smallest absolute Gasteiger partial charge is 0.210 e. The molecule has 0 spiro atoms. The van der Waals surface area contributed by atoms with E-state index in [1.54, 1.807) is 12.1 Å². The summed E-state index contributed by atoms with van der Waals surface area (Å²) in [5.74, 6) is 0.699. The predicted octanol–water partition coefficient (Wildman–Crippen LogP) is 5.27. The van der Waals surface area contributed by atoms with Crippen LogP contribution in [0.5, 0.6) is 5.75 Å². The summed E-state index contributed by atoms with van der Waals surface area (Å²) in [6.45, 7) is 8.55. The van der Waals surface area contributed by atoms with Gasteiger partial charge in [0.15, 0.2) is 6.61 Å². The van der Waals surface area contributed by atoms with Crippen molar-refractivity contribution >= 4 is 28.7 Å². The van der Waals surface area contributed by atoms with Crippen molar-refractivity contribution in [3.8, 4) is 5.75 Å². The molecule has 4 heteroatoms. The van der Waals surface area contributed by atoms with Crippen molar-refractivity contribution in [1.82, 2.24) is 0 Å². The number of thiophene rings is 1. The number of ether oxygens (including phenoxy) is 1. The Morgan fingerprint density at radius 2 is 1.95 bits per heavy atom. The minimum atomic E-state index is -0.0498. The van der Waals surface area contributed by atoms with E-state index in [1.807, 2.05) is 13.0 Å². The van der Waals surface area contributed by atoms with Gasteiger partial charge in [-0.1, -0.05) is 44.5 Å². The molecular weight excluding hydrogens is 304 g/mol. The quantitative estimate of drug-likeness (QED) is 0.717. The Bertz CT molecular complexity index is 653. The van der Waals surface area contributed by atoms with E-state index < -0.39 is 0 Å². The standard InChI is InChI=1S/C17H19ClO2S/c1-11-9-12(17(2,3)4)5-6-14(11)20-10-13(19)15-7-8-16(18)21-15/h5-9H,10H2,1-4H3. The Labute approximate surface area is 134 Å². The van der Waals surface area contributed by atoms with E-state index in [1.165, 1.54) is 16.9 Å². The molecular formula is C17H19ClO2S. The molecule has 0 aliphatic heterocycles. The molecule has 1 aromatic heterocycles. The molecule has 1 heterocycles. The molecule has 0 radical (unpaired) electrons. The highest BCUT2D eigenvalue weighted by molar-refractivity contribution is 7.18. The van der Waals surface area contributed by atoms with Gasteiger partial charge >= 0.3 is 0 Å². The second kappa shape index (κ2) is 6.20. The molecule has 0 amide bonds. The van der Waals surface area contributed by atoms with Gasteiger partial charge in [0.1, 0.15) is 5.75 Å². The summed E-state index contributed by atoms with van der Waals surface area (Å²) in [5.41, 5.74) is 2.40. The van der Waals surface area contributed by atoms with Crippen LogP contribution in [0.3, 0.4) is 0 Å². The van der Waals surface area contributed by atoms with Crippen LogP contribution in [0.1, 0.15) is 41.6 Å². The summed E-state index contributed by atoms with van der Waals surface area (Å²) in [4.78, 5) is 12.6. The highest BCUT2D eigenvalue weighted by Gasteiger charge is 2.15. The second-order valence-electron chi connectivity index (χ2n) is 6.05. The first-order valence-corrected chi connectivity index (χ1v) is 7.99.